The largest absolute Gasteiger partial charge is 0.550 e. The zero-order valence-electron chi connectivity index (χ0n) is 17.1. The summed E-state index contributed by atoms with van der Waals surface area (Å²) in [5.74, 6) is -1.71. The van der Waals surface area contributed by atoms with Crippen LogP contribution in [0.2, 0.25) is 0 Å². The lowest BCUT2D eigenvalue weighted by Crippen LogP contribution is -2.32. The molecule has 7 nitrogen and oxygen atoms in total. The third kappa shape index (κ3) is 4.07. The van der Waals surface area contributed by atoms with Crippen molar-refractivity contribution in [3.05, 3.63) is 69.8 Å². The van der Waals surface area contributed by atoms with Gasteiger partial charge in [-0.25, -0.2) is 4.79 Å². The van der Waals surface area contributed by atoms with Gasteiger partial charge in [0.25, 0.3) is 0 Å². The first kappa shape index (κ1) is 20.4. The molecule has 31 heavy (non-hydrogen) atoms. The molecule has 0 spiro atoms. The third-order valence-electron chi connectivity index (χ3n) is 5.33. The predicted octanol–water partition coefficient (Wildman–Crippen LogP) is 2.62. The smallest absolute Gasteiger partial charge is 0.340 e. The maximum Gasteiger partial charge on any atom is 0.340 e. The SMILES string of the molecule is Cc1ccc(-c2coc3cc4oc(=O)c(CC(=O)NCCC(=O)[O-])c(C)c4cc23)cc1. The van der Waals surface area contributed by atoms with Gasteiger partial charge in [0, 0.05) is 41.3 Å². The number of hydrogen-bond acceptors (Lipinski definition) is 6. The summed E-state index contributed by atoms with van der Waals surface area (Å²) in [5, 5.41) is 14.5. The van der Waals surface area contributed by atoms with Crippen LogP contribution in [0.1, 0.15) is 23.1 Å². The summed E-state index contributed by atoms with van der Waals surface area (Å²) < 4.78 is 11.2. The van der Waals surface area contributed by atoms with Crippen LogP contribution in [0, 0.1) is 13.8 Å². The Balaban J connectivity index is 1.74. The van der Waals surface area contributed by atoms with E-state index in [1.54, 1.807) is 19.3 Å². The van der Waals surface area contributed by atoms with Gasteiger partial charge in [-0.3, -0.25) is 4.79 Å². The minimum Gasteiger partial charge on any atom is -0.550 e. The van der Waals surface area contributed by atoms with Crippen molar-refractivity contribution in [3.63, 3.8) is 0 Å². The Hall–Kier alpha value is -3.87. The molecule has 4 aromatic rings. The predicted molar refractivity (Wildman–Crippen MR) is 114 cm³/mol. The third-order valence-corrected chi connectivity index (χ3v) is 5.33. The molecule has 0 atom stereocenters. The average Bonchev–Trinajstić information content (AvgIpc) is 3.13. The van der Waals surface area contributed by atoms with Gasteiger partial charge in [0.1, 0.15) is 11.2 Å². The number of amides is 1. The fourth-order valence-corrected chi connectivity index (χ4v) is 3.60. The zero-order chi connectivity index (χ0) is 22.1. The van der Waals surface area contributed by atoms with Crippen LogP contribution in [-0.4, -0.2) is 18.4 Å². The molecule has 0 radical (unpaired) electrons. The van der Waals surface area contributed by atoms with E-state index in [1.807, 2.05) is 37.3 Å². The number of hydrogen-bond donors (Lipinski definition) is 1. The summed E-state index contributed by atoms with van der Waals surface area (Å²) in [4.78, 5) is 35.1. The first-order chi connectivity index (χ1) is 14.8. The first-order valence-corrected chi connectivity index (χ1v) is 9.84. The second kappa shape index (κ2) is 8.10. The average molecular weight is 418 g/mol. The second-order valence-electron chi connectivity index (χ2n) is 7.50. The molecule has 2 heterocycles. The van der Waals surface area contributed by atoms with E-state index < -0.39 is 17.5 Å². The number of fused-ring (bicyclic) bond motifs is 2. The van der Waals surface area contributed by atoms with E-state index in [-0.39, 0.29) is 24.9 Å². The van der Waals surface area contributed by atoms with E-state index in [0.717, 1.165) is 22.1 Å². The number of aryl methyl sites for hydroxylation is 2. The van der Waals surface area contributed by atoms with E-state index >= 15 is 0 Å². The highest BCUT2D eigenvalue weighted by molar-refractivity contribution is 6.02. The molecular weight excluding hydrogens is 398 g/mol. The summed E-state index contributed by atoms with van der Waals surface area (Å²) in [6, 6.07) is 11.7. The van der Waals surface area contributed by atoms with Gasteiger partial charge in [-0.1, -0.05) is 29.8 Å². The number of aliphatic carboxylic acids is 1. The molecule has 0 fully saturated rings. The molecule has 0 aliphatic heterocycles. The minimum atomic E-state index is -1.25. The van der Waals surface area contributed by atoms with E-state index in [0.29, 0.717) is 22.1 Å². The lowest BCUT2D eigenvalue weighted by atomic mass is 9.99. The molecule has 0 bridgehead atoms. The van der Waals surface area contributed by atoms with Gasteiger partial charge in [-0.2, -0.15) is 0 Å². The van der Waals surface area contributed by atoms with Crippen molar-refractivity contribution >= 4 is 33.8 Å². The van der Waals surface area contributed by atoms with Crippen LogP contribution in [0.4, 0.5) is 0 Å². The molecule has 1 N–H and O–H groups in total. The molecule has 0 unspecified atom stereocenters. The van der Waals surface area contributed by atoms with Gasteiger partial charge in [0.05, 0.1) is 18.2 Å². The highest BCUT2D eigenvalue weighted by atomic mass is 16.4. The fourth-order valence-electron chi connectivity index (χ4n) is 3.60. The van der Waals surface area contributed by atoms with Crippen LogP contribution < -0.4 is 16.0 Å². The van der Waals surface area contributed by atoms with E-state index in [4.69, 9.17) is 8.83 Å². The Bertz CT molecular complexity index is 1360. The summed E-state index contributed by atoms with van der Waals surface area (Å²) in [6.07, 6.45) is 1.18. The number of carboxylic acid groups (broad SMARTS) is 1. The number of carboxylic acids is 1. The molecular formula is C24H20NO6-. The van der Waals surface area contributed by atoms with Gasteiger partial charge in [0.15, 0.2) is 0 Å². The topological polar surface area (TPSA) is 113 Å². The second-order valence-corrected chi connectivity index (χ2v) is 7.50. The molecule has 0 aliphatic rings. The van der Waals surface area contributed by atoms with Crippen molar-refractivity contribution in [1.82, 2.24) is 5.32 Å². The summed E-state index contributed by atoms with van der Waals surface area (Å²) in [6.45, 7) is 3.72. The molecule has 7 heteroatoms. The van der Waals surface area contributed by atoms with Crippen LogP contribution in [-0.2, 0) is 16.0 Å². The Morgan fingerprint density at radius 2 is 1.77 bits per heavy atom. The Morgan fingerprint density at radius 1 is 1.03 bits per heavy atom. The van der Waals surface area contributed by atoms with E-state index in [1.165, 1.54) is 0 Å². The van der Waals surface area contributed by atoms with Crippen LogP contribution in [0.25, 0.3) is 33.1 Å². The maximum atomic E-state index is 12.5. The Kier molecular flexibility index (Phi) is 5.33. The zero-order valence-corrected chi connectivity index (χ0v) is 17.1. The van der Waals surface area contributed by atoms with E-state index in [2.05, 4.69) is 5.32 Å². The van der Waals surface area contributed by atoms with Gasteiger partial charge >= 0.3 is 5.63 Å². The van der Waals surface area contributed by atoms with Crippen molar-refractivity contribution < 1.29 is 23.5 Å². The van der Waals surface area contributed by atoms with E-state index in [9.17, 15) is 19.5 Å². The highest BCUT2D eigenvalue weighted by Gasteiger charge is 2.17. The highest BCUT2D eigenvalue weighted by Crippen LogP contribution is 2.34. The van der Waals surface area contributed by atoms with Gasteiger partial charge in [-0.05, 0) is 31.0 Å². The number of nitrogens with one attached hydrogen (secondary N) is 1. The quantitative estimate of drug-likeness (QED) is 0.482. The first-order valence-electron chi connectivity index (χ1n) is 9.84. The van der Waals surface area contributed by atoms with Crippen LogP contribution in [0.15, 0.2) is 56.3 Å². The molecule has 4 rings (SSSR count). The number of carbonyl (C=O) groups is 2. The minimum absolute atomic E-state index is 0.0608. The lowest BCUT2D eigenvalue weighted by molar-refractivity contribution is -0.305. The lowest BCUT2D eigenvalue weighted by Gasteiger charge is -2.09. The van der Waals surface area contributed by atoms with Gasteiger partial charge in [0.2, 0.25) is 5.91 Å². The molecule has 158 valence electrons. The molecule has 2 aromatic heterocycles. The normalized spacial score (nSPS) is 11.2. The Labute approximate surface area is 177 Å². The van der Waals surface area contributed by atoms with Gasteiger partial charge < -0.3 is 24.1 Å². The number of benzene rings is 2. The van der Waals surface area contributed by atoms with Crippen LogP contribution in [0.3, 0.4) is 0 Å². The Morgan fingerprint density at radius 3 is 2.48 bits per heavy atom. The van der Waals surface area contributed by atoms with Crippen LogP contribution >= 0.6 is 0 Å². The van der Waals surface area contributed by atoms with Crippen molar-refractivity contribution in [2.24, 2.45) is 0 Å². The molecule has 2 aromatic carbocycles. The van der Waals surface area contributed by atoms with Crippen molar-refractivity contribution in [2.45, 2.75) is 26.7 Å². The standard InChI is InChI=1S/C24H21NO6/c1-13-3-5-15(6-4-13)19-12-30-20-11-21-16(9-18(19)20)14(2)17(24(29)31-21)10-22(26)25-8-7-23(27)28/h3-6,9,11-12H,7-8,10H2,1-2H3,(H,25,26)(H,27,28)/p-1. The van der Waals surface area contributed by atoms with Crippen molar-refractivity contribution in [3.8, 4) is 11.1 Å². The molecule has 0 saturated carbocycles. The summed E-state index contributed by atoms with van der Waals surface area (Å²) in [5.41, 5.74) is 4.32. The molecule has 1 amide bonds. The summed E-state index contributed by atoms with van der Waals surface area (Å²) >= 11 is 0. The van der Waals surface area contributed by atoms with Crippen molar-refractivity contribution in [2.75, 3.05) is 6.54 Å². The number of carbonyl (C=O) groups excluding carboxylic acids is 2. The molecule has 0 aliphatic carbocycles. The van der Waals surface area contributed by atoms with Crippen LogP contribution in [0.5, 0.6) is 0 Å². The fraction of sp³-hybridized carbons (Fsp3) is 0.208. The maximum absolute atomic E-state index is 12.5. The molecule has 0 saturated heterocycles. The van der Waals surface area contributed by atoms with Gasteiger partial charge in [-0.15, -0.1) is 0 Å². The number of rotatable bonds is 6. The van der Waals surface area contributed by atoms with Crippen molar-refractivity contribution in [1.29, 1.82) is 0 Å². The monoisotopic (exact) mass is 418 g/mol. The number of furan rings is 1. The summed E-state index contributed by atoms with van der Waals surface area (Å²) in [7, 11) is 0.